The molecule has 0 aliphatic heterocycles. The molecule has 0 aromatic heterocycles. The van der Waals surface area contributed by atoms with Crippen LogP contribution in [0.4, 0.5) is 4.79 Å². The highest BCUT2D eigenvalue weighted by molar-refractivity contribution is 5.82. The molecule has 1 aromatic carbocycles. The van der Waals surface area contributed by atoms with E-state index in [0.29, 0.717) is 31.2 Å². The molecule has 0 bridgehead atoms. The van der Waals surface area contributed by atoms with Crippen molar-refractivity contribution in [2.45, 2.75) is 65.6 Å². The highest BCUT2D eigenvalue weighted by Crippen LogP contribution is 2.19. The Kier molecular flexibility index (Phi) is 10.1. The van der Waals surface area contributed by atoms with E-state index in [9.17, 15) is 14.4 Å². The van der Waals surface area contributed by atoms with Gasteiger partial charge in [-0.15, -0.1) is 0 Å². The number of hydrogen-bond acceptors (Lipinski definition) is 5. The second-order valence-electron chi connectivity index (χ2n) is 8.33. The van der Waals surface area contributed by atoms with Crippen molar-refractivity contribution in [3.8, 4) is 5.75 Å². The van der Waals surface area contributed by atoms with Crippen molar-refractivity contribution in [1.82, 2.24) is 16.0 Å². The summed E-state index contributed by atoms with van der Waals surface area (Å²) < 4.78 is 10.7. The van der Waals surface area contributed by atoms with Crippen molar-refractivity contribution < 1.29 is 23.9 Å². The highest BCUT2D eigenvalue weighted by atomic mass is 16.6. The van der Waals surface area contributed by atoms with Crippen LogP contribution in [0.25, 0.3) is 0 Å². The maximum absolute atomic E-state index is 12.1. The lowest BCUT2D eigenvalue weighted by atomic mass is 10.0. The number of rotatable bonds is 10. The molecule has 1 rings (SSSR count). The number of hydrogen-bond donors (Lipinski definition) is 3. The van der Waals surface area contributed by atoms with E-state index in [0.717, 1.165) is 0 Å². The standard InChI is InChI=1S/C22H35N3O5/c1-15(2)17-8-10-18(11-9-17)29-16(3)20(27)24-13-7-12-23-19(26)14-25-21(28)30-22(4,5)6/h8-11,15-16H,7,12-14H2,1-6H3,(H,23,26)(H,24,27)(H,25,28). The number of nitrogens with one attached hydrogen (secondary N) is 3. The fraction of sp³-hybridized carbons (Fsp3) is 0.591. The largest absolute Gasteiger partial charge is 0.481 e. The summed E-state index contributed by atoms with van der Waals surface area (Å²) in [5.74, 6) is 0.537. The zero-order valence-corrected chi connectivity index (χ0v) is 18.8. The molecule has 0 saturated heterocycles. The van der Waals surface area contributed by atoms with Gasteiger partial charge in [0.1, 0.15) is 11.4 Å². The first kappa shape index (κ1) is 25.3. The van der Waals surface area contributed by atoms with Crippen molar-refractivity contribution in [3.63, 3.8) is 0 Å². The molecule has 0 saturated carbocycles. The number of benzene rings is 1. The molecule has 30 heavy (non-hydrogen) atoms. The van der Waals surface area contributed by atoms with Gasteiger partial charge in [0.2, 0.25) is 5.91 Å². The van der Waals surface area contributed by atoms with E-state index in [1.165, 1.54) is 5.56 Å². The van der Waals surface area contributed by atoms with Gasteiger partial charge in [-0.3, -0.25) is 9.59 Å². The molecule has 0 radical (unpaired) electrons. The minimum atomic E-state index is -0.641. The van der Waals surface area contributed by atoms with Crippen LogP contribution in [0.15, 0.2) is 24.3 Å². The number of carbonyl (C=O) groups excluding carboxylic acids is 3. The van der Waals surface area contributed by atoms with Gasteiger partial charge in [0.05, 0.1) is 6.54 Å². The zero-order valence-electron chi connectivity index (χ0n) is 18.8. The van der Waals surface area contributed by atoms with Crippen LogP contribution < -0.4 is 20.7 Å². The van der Waals surface area contributed by atoms with Gasteiger partial charge in [0.15, 0.2) is 6.10 Å². The smallest absolute Gasteiger partial charge is 0.408 e. The van der Waals surface area contributed by atoms with Crippen molar-refractivity contribution in [2.75, 3.05) is 19.6 Å². The van der Waals surface area contributed by atoms with E-state index >= 15 is 0 Å². The van der Waals surface area contributed by atoms with E-state index in [4.69, 9.17) is 9.47 Å². The minimum absolute atomic E-state index is 0.165. The molecular weight excluding hydrogens is 386 g/mol. The lowest BCUT2D eigenvalue weighted by Crippen LogP contribution is -2.41. The van der Waals surface area contributed by atoms with Gasteiger partial charge in [-0.05, 0) is 57.7 Å². The zero-order chi connectivity index (χ0) is 22.7. The monoisotopic (exact) mass is 421 g/mol. The Hall–Kier alpha value is -2.77. The van der Waals surface area contributed by atoms with E-state index in [-0.39, 0.29) is 18.4 Å². The van der Waals surface area contributed by atoms with Gasteiger partial charge in [-0.2, -0.15) is 0 Å². The molecular formula is C22H35N3O5. The lowest BCUT2D eigenvalue weighted by molar-refractivity contribution is -0.127. The third kappa shape index (κ3) is 10.7. The van der Waals surface area contributed by atoms with E-state index in [2.05, 4.69) is 29.8 Å². The van der Waals surface area contributed by atoms with Crippen molar-refractivity contribution in [2.24, 2.45) is 0 Å². The van der Waals surface area contributed by atoms with Crippen LogP contribution in [-0.4, -0.2) is 49.2 Å². The molecule has 1 unspecified atom stereocenters. The number of alkyl carbamates (subject to hydrolysis) is 1. The van der Waals surface area contributed by atoms with Crippen LogP contribution >= 0.6 is 0 Å². The maximum atomic E-state index is 12.1. The molecule has 0 fully saturated rings. The molecule has 0 aliphatic carbocycles. The SMILES string of the molecule is CC(Oc1ccc(C(C)C)cc1)C(=O)NCCCNC(=O)CNC(=O)OC(C)(C)C. The summed E-state index contributed by atoms with van der Waals surface area (Å²) in [7, 11) is 0. The van der Waals surface area contributed by atoms with Gasteiger partial charge in [0.25, 0.3) is 5.91 Å². The first-order valence-corrected chi connectivity index (χ1v) is 10.3. The van der Waals surface area contributed by atoms with Gasteiger partial charge >= 0.3 is 6.09 Å². The third-order valence-electron chi connectivity index (χ3n) is 4.00. The normalized spacial score (nSPS) is 12.1. The molecule has 1 atom stereocenters. The Labute approximate surface area is 179 Å². The predicted octanol–water partition coefficient (Wildman–Crippen LogP) is 2.72. The van der Waals surface area contributed by atoms with Gasteiger partial charge in [-0.25, -0.2) is 4.79 Å². The van der Waals surface area contributed by atoms with E-state index in [1.54, 1.807) is 27.7 Å². The fourth-order valence-corrected chi connectivity index (χ4v) is 2.39. The Bertz CT molecular complexity index is 696. The summed E-state index contributed by atoms with van der Waals surface area (Å²) in [6.07, 6.45) is -0.708. The summed E-state index contributed by atoms with van der Waals surface area (Å²) >= 11 is 0. The van der Waals surface area contributed by atoms with Gasteiger partial charge in [-0.1, -0.05) is 26.0 Å². The molecule has 3 amide bonds. The second kappa shape index (κ2) is 12.0. The fourth-order valence-electron chi connectivity index (χ4n) is 2.39. The average molecular weight is 422 g/mol. The lowest BCUT2D eigenvalue weighted by Gasteiger charge is -2.19. The minimum Gasteiger partial charge on any atom is -0.481 e. The van der Waals surface area contributed by atoms with Gasteiger partial charge in [0, 0.05) is 13.1 Å². The van der Waals surface area contributed by atoms with Crippen LogP contribution in [0.3, 0.4) is 0 Å². The molecule has 8 heteroatoms. The third-order valence-corrected chi connectivity index (χ3v) is 4.00. The summed E-state index contributed by atoms with van der Waals surface area (Å²) in [5, 5.41) is 7.83. The Morgan fingerprint density at radius 3 is 2.10 bits per heavy atom. The van der Waals surface area contributed by atoms with Crippen LogP contribution in [0.2, 0.25) is 0 Å². The predicted molar refractivity (Wildman–Crippen MR) is 115 cm³/mol. The van der Waals surface area contributed by atoms with E-state index < -0.39 is 17.8 Å². The van der Waals surface area contributed by atoms with Crippen molar-refractivity contribution >= 4 is 17.9 Å². The molecule has 0 aliphatic rings. The maximum Gasteiger partial charge on any atom is 0.408 e. The summed E-state index contributed by atoms with van der Waals surface area (Å²) in [4.78, 5) is 35.3. The van der Waals surface area contributed by atoms with Crippen LogP contribution in [-0.2, 0) is 14.3 Å². The molecule has 3 N–H and O–H groups in total. The first-order chi connectivity index (χ1) is 14.0. The van der Waals surface area contributed by atoms with Crippen molar-refractivity contribution in [1.29, 1.82) is 0 Å². The second-order valence-corrected chi connectivity index (χ2v) is 8.33. The summed E-state index contributed by atoms with van der Waals surface area (Å²) in [6, 6.07) is 7.70. The first-order valence-electron chi connectivity index (χ1n) is 10.3. The topological polar surface area (TPSA) is 106 Å². The van der Waals surface area contributed by atoms with Crippen LogP contribution in [0.1, 0.15) is 59.4 Å². The van der Waals surface area contributed by atoms with Crippen LogP contribution in [0, 0.1) is 0 Å². The van der Waals surface area contributed by atoms with Gasteiger partial charge < -0.3 is 25.4 Å². The quantitative estimate of drug-likeness (QED) is 0.504. The molecule has 1 aromatic rings. The number of amides is 3. The molecule has 0 heterocycles. The highest BCUT2D eigenvalue weighted by Gasteiger charge is 2.17. The molecule has 168 valence electrons. The number of carbonyl (C=O) groups is 3. The number of ether oxygens (including phenoxy) is 2. The molecule has 0 spiro atoms. The van der Waals surface area contributed by atoms with E-state index in [1.807, 2.05) is 24.3 Å². The average Bonchev–Trinajstić information content (AvgIpc) is 2.65. The Morgan fingerprint density at radius 2 is 1.53 bits per heavy atom. The Balaban J connectivity index is 2.18. The molecule has 8 nitrogen and oxygen atoms in total. The summed E-state index contributed by atoms with van der Waals surface area (Å²) in [6.45, 7) is 11.8. The Morgan fingerprint density at radius 1 is 0.933 bits per heavy atom. The van der Waals surface area contributed by atoms with Crippen LogP contribution in [0.5, 0.6) is 5.75 Å². The summed E-state index contributed by atoms with van der Waals surface area (Å²) in [5.41, 5.74) is 0.597. The van der Waals surface area contributed by atoms with Crippen molar-refractivity contribution in [3.05, 3.63) is 29.8 Å².